The smallest absolute Gasteiger partial charge is 0.342 e. The Balaban J connectivity index is 2.38. The molecular weight excluding hydrogens is 296 g/mol. The van der Waals surface area contributed by atoms with Crippen LogP contribution < -0.4 is 0 Å². The number of aliphatic hydroxyl groups is 1. The molecule has 0 saturated heterocycles. The first-order valence-electron chi connectivity index (χ1n) is 7.73. The number of hydrogen-bond acceptors (Lipinski definition) is 5. The first-order chi connectivity index (χ1) is 11.0. The summed E-state index contributed by atoms with van der Waals surface area (Å²) in [5.74, 6) is -1.18. The third kappa shape index (κ3) is 4.86. The molecule has 1 heterocycles. The average molecular weight is 318 g/mol. The molecule has 0 spiro atoms. The lowest BCUT2D eigenvalue weighted by Gasteiger charge is -2.16. The van der Waals surface area contributed by atoms with Crippen molar-refractivity contribution in [3.63, 3.8) is 0 Å². The van der Waals surface area contributed by atoms with E-state index in [1.807, 2.05) is 18.2 Å². The minimum absolute atomic E-state index is 0.0110. The van der Waals surface area contributed by atoms with E-state index in [1.165, 1.54) is 6.07 Å². The molecule has 1 aromatic carbocycles. The van der Waals surface area contributed by atoms with Crippen LogP contribution in [0.2, 0.25) is 0 Å². The fraction of sp³-hybridized carbons (Fsp3) is 0.389. The molecule has 0 aromatic heterocycles. The minimum Gasteiger partial charge on any atom is -0.508 e. The fourth-order valence-corrected chi connectivity index (χ4v) is 2.50. The highest BCUT2D eigenvalue weighted by Crippen LogP contribution is 2.29. The van der Waals surface area contributed by atoms with Gasteiger partial charge in [0.25, 0.3) is 0 Å². The van der Waals surface area contributed by atoms with Crippen LogP contribution in [0, 0.1) is 0 Å². The molecular formula is C18H22O5. The summed E-state index contributed by atoms with van der Waals surface area (Å²) >= 11 is 0. The lowest BCUT2D eigenvalue weighted by atomic mass is 9.99. The first kappa shape index (κ1) is 17.1. The summed E-state index contributed by atoms with van der Waals surface area (Å²) in [6.07, 6.45) is 8.70. The number of esters is 1. The van der Waals surface area contributed by atoms with Crippen LogP contribution in [0.3, 0.4) is 0 Å². The summed E-state index contributed by atoms with van der Waals surface area (Å²) < 4.78 is 5.35. The summed E-state index contributed by atoms with van der Waals surface area (Å²) in [6, 6.07) is 2.46. The van der Waals surface area contributed by atoms with Crippen LogP contribution in [0.1, 0.15) is 42.1 Å². The van der Waals surface area contributed by atoms with Crippen molar-refractivity contribution in [2.75, 3.05) is 0 Å². The van der Waals surface area contributed by atoms with Crippen molar-refractivity contribution in [3.8, 4) is 11.5 Å². The number of cyclic esters (lactones) is 1. The zero-order chi connectivity index (χ0) is 16.8. The van der Waals surface area contributed by atoms with Crippen molar-refractivity contribution < 1.29 is 24.9 Å². The quantitative estimate of drug-likeness (QED) is 0.506. The summed E-state index contributed by atoms with van der Waals surface area (Å²) in [4.78, 5) is 12.3. The number of carbonyl (C=O) groups excluding carboxylic acids is 1. The van der Waals surface area contributed by atoms with Gasteiger partial charge in [-0.15, -0.1) is 0 Å². The van der Waals surface area contributed by atoms with Crippen LogP contribution in [0.4, 0.5) is 0 Å². The topological polar surface area (TPSA) is 87.0 Å². The number of hydrogen-bond donors (Lipinski definition) is 3. The Labute approximate surface area is 135 Å². The number of benzene rings is 1. The van der Waals surface area contributed by atoms with Crippen molar-refractivity contribution in [1.82, 2.24) is 0 Å². The van der Waals surface area contributed by atoms with Crippen LogP contribution in [-0.2, 0) is 11.2 Å². The molecule has 124 valence electrons. The predicted molar refractivity (Wildman–Crippen MR) is 86.5 cm³/mol. The van der Waals surface area contributed by atoms with Gasteiger partial charge in [0, 0.05) is 18.9 Å². The van der Waals surface area contributed by atoms with Crippen LogP contribution in [0.15, 0.2) is 36.4 Å². The molecule has 1 unspecified atom stereocenters. The monoisotopic (exact) mass is 318 g/mol. The Morgan fingerprint density at radius 2 is 1.87 bits per heavy atom. The molecule has 2 atom stereocenters. The highest BCUT2D eigenvalue weighted by Gasteiger charge is 2.22. The summed E-state index contributed by atoms with van der Waals surface area (Å²) in [7, 11) is 0. The number of ether oxygens (including phenoxy) is 1. The third-order valence-electron chi connectivity index (χ3n) is 3.62. The van der Waals surface area contributed by atoms with E-state index >= 15 is 0 Å². The van der Waals surface area contributed by atoms with Gasteiger partial charge in [0.2, 0.25) is 0 Å². The molecule has 5 nitrogen and oxygen atoms in total. The Morgan fingerprint density at radius 1 is 1.13 bits per heavy atom. The second kappa shape index (κ2) is 7.83. The molecule has 0 amide bonds. The maximum atomic E-state index is 12.3. The maximum absolute atomic E-state index is 12.3. The average Bonchev–Trinajstić information content (AvgIpc) is 2.44. The Bertz CT molecular complexity index is 618. The predicted octanol–water partition coefficient (Wildman–Crippen LogP) is 2.84. The number of carbonyl (C=O) groups is 1. The second-order valence-corrected chi connectivity index (χ2v) is 5.70. The molecule has 23 heavy (non-hydrogen) atoms. The van der Waals surface area contributed by atoms with E-state index in [1.54, 1.807) is 13.0 Å². The van der Waals surface area contributed by atoms with Gasteiger partial charge in [-0.3, -0.25) is 0 Å². The number of aliphatic hydroxyl groups excluding tert-OH is 1. The summed E-state index contributed by atoms with van der Waals surface area (Å²) in [5, 5.41) is 29.7. The van der Waals surface area contributed by atoms with E-state index in [0.29, 0.717) is 12.0 Å². The number of allylic oxidation sites excluding steroid dienone is 2. The highest BCUT2D eigenvalue weighted by atomic mass is 16.5. The van der Waals surface area contributed by atoms with Crippen molar-refractivity contribution in [1.29, 1.82) is 0 Å². The van der Waals surface area contributed by atoms with E-state index in [0.717, 1.165) is 18.9 Å². The van der Waals surface area contributed by atoms with Crippen molar-refractivity contribution in [2.45, 2.75) is 44.8 Å². The van der Waals surface area contributed by atoms with E-state index in [9.17, 15) is 20.1 Å². The number of rotatable bonds is 0. The Morgan fingerprint density at radius 3 is 2.65 bits per heavy atom. The molecule has 0 aliphatic carbocycles. The normalized spacial score (nSPS) is 23.0. The number of phenols is 2. The first-order valence-corrected chi connectivity index (χ1v) is 7.73. The van der Waals surface area contributed by atoms with Gasteiger partial charge in [0.05, 0.1) is 6.10 Å². The zero-order valence-electron chi connectivity index (χ0n) is 13.1. The molecule has 0 saturated carbocycles. The standard InChI is InChI=1S/C18H22O5/c1-12-7-5-3-2-4-6-8-14(19)9-13-10-15(20)11-16(21)17(13)18(22)23-12/h3,5-6,8,10-12,14,19-21H,2,4,7,9H2,1H3/t12-,14?/m0/s1. The van der Waals surface area contributed by atoms with Crippen LogP contribution in [-0.4, -0.2) is 33.5 Å². The second-order valence-electron chi connectivity index (χ2n) is 5.70. The molecule has 0 fully saturated rings. The van der Waals surface area contributed by atoms with Crippen molar-refractivity contribution in [3.05, 3.63) is 47.6 Å². The number of phenolic OH excluding ortho intramolecular Hbond substituents is 2. The minimum atomic E-state index is -0.813. The van der Waals surface area contributed by atoms with E-state index in [4.69, 9.17) is 4.74 Å². The fourth-order valence-electron chi connectivity index (χ4n) is 2.50. The van der Waals surface area contributed by atoms with E-state index in [2.05, 4.69) is 0 Å². The Hall–Kier alpha value is -2.27. The van der Waals surface area contributed by atoms with Crippen molar-refractivity contribution in [2.24, 2.45) is 0 Å². The lowest BCUT2D eigenvalue weighted by molar-refractivity contribution is 0.0343. The van der Waals surface area contributed by atoms with Gasteiger partial charge in [-0.25, -0.2) is 4.79 Å². The molecule has 3 N–H and O–H groups in total. The molecule has 2 rings (SSSR count). The highest BCUT2D eigenvalue weighted by molar-refractivity contribution is 5.94. The molecule has 1 aromatic rings. The third-order valence-corrected chi connectivity index (χ3v) is 3.62. The van der Waals surface area contributed by atoms with Gasteiger partial charge in [-0.05, 0) is 31.4 Å². The zero-order valence-corrected chi connectivity index (χ0v) is 13.1. The van der Waals surface area contributed by atoms with E-state index in [-0.39, 0.29) is 29.6 Å². The maximum Gasteiger partial charge on any atom is 0.342 e. The Kier molecular flexibility index (Phi) is 5.82. The van der Waals surface area contributed by atoms with E-state index < -0.39 is 12.1 Å². The summed E-state index contributed by atoms with van der Waals surface area (Å²) in [6.45, 7) is 1.78. The van der Waals surface area contributed by atoms with Gasteiger partial charge in [-0.2, -0.15) is 0 Å². The lowest BCUT2D eigenvalue weighted by Crippen LogP contribution is -2.18. The van der Waals surface area contributed by atoms with Gasteiger partial charge < -0.3 is 20.1 Å². The summed E-state index contributed by atoms with van der Waals surface area (Å²) in [5.41, 5.74) is 0.340. The van der Waals surface area contributed by atoms with Crippen molar-refractivity contribution >= 4 is 5.97 Å². The molecule has 0 bridgehead atoms. The van der Waals surface area contributed by atoms with Crippen LogP contribution in [0.5, 0.6) is 11.5 Å². The van der Waals surface area contributed by atoms with Crippen LogP contribution >= 0.6 is 0 Å². The number of fused-ring (bicyclic) bond motifs is 1. The molecule has 1 aliphatic rings. The van der Waals surface area contributed by atoms with Gasteiger partial charge in [0.1, 0.15) is 23.2 Å². The SMILES string of the molecule is C[C@H]1CC=CCCC=CC(O)Cc2cc(O)cc(O)c2C(=O)O1. The van der Waals surface area contributed by atoms with Gasteiger partial charge in [0.15, 0.2) is 0 Å². The molecule has 1 aliphatic heterocycles. The number of aromatic hydroxyl groups is 2. The largest absolute Gasteiger partial charge is 0.508 e. The van der Waals surface area contributed by atoms with Gasteiger partial charge >= 0.3 is 5.97 Å². The molecule has 0 radical (unpaired) electrons. The van der Waals surface area contributed by atoms with Gasteiger partial charge in [-0.1, -0.05) is 24.3 Å². The molecule has 5 heteroatoms. The van der Waals surface area contributed by atoms with Crippen LogP contribution in [0.25, 0.3) is 0 Å².